The zero-order valence-electron chi connectivity index (χ0n) is 10.6. The average Bonchev–Trinajstić information content (AvgIpc) is 3.01. The molecule has 1 N–H and O–H groups in total. The number of aromatic nitrogens is 1. The van der Waals surface area contributed by atoms with Gasteiger partial charge in [-0.1, -0.05) is 18.2 Å². The van der Waals surface area contributed by atoms with Gasteiger partial charge in [-0.25, -0.2) is 0 Å². The molecule has 4 aromatic rings. The highest BCUT2D eigenvalue weighted by atomic mass is 16.3. The van der Waals surface area contributed by atoms with Crippen molar-refractivity contribution in [3.63, 3.8) is 0 Å². The van der Waals surface area contributed by atoms with Gasteiger partial charge in [-0.15, -0.1) is 0 Å². The minimum atomic E-state index is 0.0442. The van der Waals surface area contributed by atoms with Gasteiger partial charge >= 0.3 is 0 Å². The van der Waals surface area contributed by atoms with Gasteiger partial charge in [-0.05, 0) is 36.4 Å². The molecule has 2 heterocycles. The van der Waals surface area contributed by atoms with Crippen LogP contribution in [-0.2, 0) is 0 Å². The third kappa shape index (κ3) is 1.50. The van der Waals surface area contributed by atoms with Crippen molar-refractivity contribution >= 4 is 21.8 Å². The highest BCUT2D eigenvalue weighted by molar-refractivity contribution is 5.99. The minimum absolute atomic E-state index is 0.0442. The van der Waals surface area contributed by atoms with Crippen LogP contribution in [0.2, 0.25) is 0 Å². The third-order valence-electron chi connectivity index (χ3n) is 3.53. The van der Waals surface area contributed by atoms with Crippen molar-refractivity contribution in [2.75, 3.05) is 0 Å². The van der Waals surface area contributed by atoms with Crippen molar-refractivity contribution in [2.24, 2.45) is 0 Å². The molecule has 0 radical (unpaired) electrons. The second kappa shape index (κ2) is 4.10. The maximum atomic E-state index is 12.6. The number of fused-ring (bicyclic) bond motifs is 2. The monoisotopic (exact) mass is 261 g/mol. The highest BCUT2D eigenvalue weighted by Gasteiger charge is 2.10. The van der Waals surface area contributed by atoms with Gasteiger partial charge in [-0.2, -0.15) is 0 Å². The molecule has 0 unspecified atom stereocenters. The first-order valence-electron chi connectivity index (χ1n) is 6.42. The first-order valence-corrected chi connectivity index (χ1v) is 6.42. The number of furan rings is 1. The maximum Gasteiger partial charge on any atom is 0.197 e. The Morgan fingerprint density at radius 2 is 1.70 bits per heavy atom. The Hall–Kier alpha value is -2.81. The molecule has 0 saturated heterocycles. The van der Waals surface area contributed by atoms with Crippen molar-refractivity contribution in [3.8, 4) is 11.3 Å². The van der Waals surface area contributed by atoms with Crippen LogP contribution in [0, 0.1) is 0 Å². The summed E-state index contributed by atoms with van der Waals surface area (Å²) in [5.41, 5.74) is 2.59. The number of pyridine rings is 1. The van der Waals surface area contributed by atoms with Crippen molar-refractivity contribution in [1.29, 1.82) is 0 Å². The molecule has 0 atom stereocenters. The molecule has 0 spiro atoms. The van der Waals surface area contributed by atoms with E-state index in [0.717, 1.165) is 22.4 Å². The number of hydrogen-bond donors (Lipinski definition) is 1. The van der Waals surface area contributed by atoms with Gasteiger partial charge in [0.25, 0.3) is 0 Å². The first-order chi connectivity index (χ1) is 9.84. The van der Waals surface area contributed by atoms with Crippen LogP contribution in [0.25, 0.3) is 33.1 Å². The Morgan fingerprint density at radius 3 is 2.55 bits per heavy atom. The summed E-state index contributed by atoms with van der Waals surface area (Å²) in [5.74, 6) is 0.751. The van der Waals surface area contributed by atoms with Crippen LogP contribution < -0.4 is 5.43 Å². The molecule has 0 amide bonds. The second-order valence-electron chi connectivity index (χ2n) is 4.71. The lowest BCUT2D eigenvalue weighted by Gasteiger charge is -2.06. The smallest absolute Gasteiger partial charge is 0.197 e. The number of benzene rings is 2. The molecule has 2 aromatic carbocycles. The Labute approximate surface area is 114 Å². The minimum Gasteiger partial charge on any atom is -0.464 e. The molecule has 20 heavy (non-hydrogen) atoms. The zero-order valence-corrected chi connectivity index (χ0v) is 10.6. The van der Waals surface area contributed by atoms with Gasteiger partial charge in [0.1, 0.15) is 5.76 Å². The molecule has 4 rings (SSSR count). The lowest BCUT2D eigenvalue weighted by molar-refractivity contribution is 0.583. The van der Waals surface area contributed by atoms with Crippen molar-refractivity contribution < 1.29 is 4.42 Å². The molecule has 0 bridgehead atoms. The summed E-state index contributed by atoms with van der Waals surface area (Å²) in [5, 5.41) is 1.38. The van der Waals surface area contributed by atoms with Crippen LogP contribution in [0.5, 0.6) is 0 Å². The predicted molar refractivity (Wildman–Crippen MR) is 79.8 cm³/mol. The molecule has 2 aromatic heterocycles. The highest BCUT2D eigenvalue weighted by Crippen LogP contribution is 2.27. The molecular formula is C17H11NO2. The lowest BCUT2D eigenvalue weighted by atomic mass is 10.0. The van der Waals surface area contributed by atoms with E-state index in [1.165, 1.54) is 0 Å². The second-order valence-corrected chi connectivity index (χ2v) is 4.71. The quantitative estimate of drug-likeness (QED) is 0.527. The van der Waals surface area contributed by atoms with E-state index in [2.05, 4.69) is 4.98 Å². The predicted octanol–water partition coefficient (Wildman–Crippen LogP) is 3.94. The van der Waals surface area contributed by atoms with Crippen LogP contribution in [0.4, 0.5) is 0 Å². The number of hydrogen-bond acceptors (Lipinski definition) is 2. The Balaban J connectivity index is 2.21. The molecule has 0 aliphatic rings. The number of H-pyrrole nitrogens is 1. The fourth-order valence-electron chi connectivity index (χ4n) is 2.58. The van der Waals surface area contributed by atoms with Crippen molar-refractivity contribution in [3.05, 3.63) is 71.1 Å². The third-order valence-corrected chi connectivity index (χ3v) is 3.53. The number of nitrogens with one attached hydrogen (secondary N) is 1. The number of aromatic amines is 1. The van der Waals surface area contributed by atoms with E-state index in [0.29, 0.717) is 10.8 Å². The van der Waals surface area contributed by atoms with Gasteiger partial charge in [-0.3, -0.25) is 4.79 Å². The zero-order chi connectivity index (χ0) is 13.5. The summed E-state index contributed by atoms with van der Waals surface area (Å²) in [4.78, 5) is 15.9. The van der Waals surface area contributed by atoms with Crippen LogP contribution in [0.15, 0.2) is 70.1 Å². The summed E-state index contributed by atoms with van der Waals surface area (Å²) < 4.78 is 5.46. The standard InChI is InChI=1S/C17H11NO2/c19-17-11-5-1-2-8-14(11)18-16-12(6-3-7-13(16)17)15-9-4-10-20-15/h1-10H,(H,18,19). The first kappa shape index (κ1) is 11.1. The molecule has 0 saturated carbocycles. The normalized spacial score (nSPS) is 11.2. The molecule has 3 heteroatoms. The number of para-hydroxylation sites is 2. The molecule has 3 nitrogen and oxygen atoms in total. The fourth-order valence-corrected chi connectivity index (χ4v) is 2.58. The van der Waals surface area contributed by atoms with Gasteiger partial charge in [0, 0.05) is 21.9 Å². The van der Waals surface area contributed by atoms with Crippen LogP contribution in [0.1, 0.15) is 0 Å². The molecule has 0 aliphatic heterocycles. The van der Waals surface area contributed by atoms with E-state index >= 15 is 0 Å². The lowest BCUT2D eigenvalue weighted by Crippen LogP contribution is -2.04. The van der Waals surface area contributed by atoms with Gasteiger partial charge in [0.2, 0.25) is 0 Å². The van der Waals surface area contributed by atoms with Crippen LogP contribution in [0.3, 0.4) is 0 Å². The van der Waals surface area contributed by atoms with Gasteiger partial charge in [0.05, 0.1) is 11.8 Å². The van der Waals surface area contributed by atoms with Crippen molar-refractivity contribution in [2.45, 2.75) is 0 Å². The van der Waals surface area contributed by atoms with Crippen molar-refractivity contribution in [1.82, 2.24) is 4.98 Å². The topological polar surface area (TPSA) is 46.0 Å². The summed E-state index contributed by atoms with van der Waals surface area (Å²) in [6, 6.07) is 16.9. The van der Waals surface area contributed by atoms with E-state index in [1.54, 1.807) is 6.26 Å². The fraction of sp³-hybridized carbons (Fsp3) is 0. The molecule has 96 valence electrons. The van der Waals surface area contributed by atoms with Gasteiger partial charge < -0.3 is 9.40 Å². The van der Waals surface area contributed by atoms with Crippen LogP contribution in [-0.4, -0.2) is 4.98 Å². The molecule has 0 fully saturated rings. The van der Waals surface area contributed by atoms with E-state index in [-0.39, 0.29) is 5.43 Å². The van der Waals surface area contributed by atoms with E-state index in [4.69, 9.17) is 4.42 Å². The molecule has 0 aliphatic carbocycles. The Bertz CT molecular complexity index is 965. The Kier molecular flexibility index (Phi) is 2.27. The van der Waals surface area contributed by atoms with Crippen LogP contribution >= 0.6 is 0 Å². The SMILES string of the molecule is O=c1c2ccccc2[nH]c2c(-c3ccco3)cccc12. The van der Waals surface area contributed by atoms with E-state index in [1.807, 2.05) is 54.6 Å². The van der Waals surface area contributed by atoms with Gasteiger partial charge in [0.15, 0.2) is 5.43 Å². The summed E-state index contributed by atoms with van der Waals surface area (Å²) in [6.45, 7) is 0. The summed E-state index contributed by atoms with van der Waals surface area (Å²) in [7, 11) is 0. The molecular weight excluding hydrogens is 250 g/mol. The number of rotatable bonds is 1. The van der Waals surface area contributed by atoms with E-state index in [9.17, 15) is 4.79 Å². The Morgan fingerprint density at radius 1 is 0.850 bits per heavy atom. The maximum absolute atomic E-state index is 12.6. The largest absolute Gasteiger partial charge is 0.464 e. The van der Waals surface area contributed by atoms with E-state index < -0.39 is 0 Å². The average molecular weight is 261 g/mol. The summed E-state index contributed by atoms with van der Waals surface area (Å²) >= 11 is 0. The summed E-state index contributed by atoms with van der Waals surface area (Å²) in [6.07, 6.45) is 1.63.